The number of benzene rings is 3. The minimum absolute atomic E-state index is 0.168. The molecule has 1 saturated heterocycles. The maximum Gasteiger partial charge on any atom is 0.276 e. The summed E-state index contributed by atoms with van der Waals surface area (Å²) in [6.45, 7) is 5.52. The molecular weight excluding hydrogens is 571 g/mol. The van der Waals surface area contributed by atoms with Crippen LogP contribution in [-0.2, 0) is 17.8 Å². The number of rotatable bonds is 12. The smallest absolute Gasteiger partial charge is 0.276 e. The molecule has 4 rings (SSSR count). The lowest BCUT2D eigenvalue weighted by molar-refractivity contribution is -0.122. The van der Waals surface area contributed by atoms with Gasteiger partial charge in [-0.25, -0.2) is 0 Å². The molecule has 0 spiro atoms. The first-order valence-corrected chi connectivity index (χ1v) is 14.0. The Hall–Kier alpha value is -3.46. The second-order valence-corrected chi connectivity index (χ2v) is 9.95. The zero-order valence-electron chi connectivity index (χ0n) is 22.5. The molecule has 10 heteroatoms. The van der Waals surface area contributed by atoms with Gasteiger partial charge in [-0.2, -0.15) is 0 Å². The highest BCUT2D eigenvalue weighted by Gasteiger charge is 2.30. The lowest BCUT2D eigenvalue weighted by Gasteiger charge is -2.16. The van der Waals surface area contributed by atoms with Crippen molar-refractivity contribution in [3.63, 3.8) is 0 Å². The van der Waals surface area contributed by atoms with Gasteiger partial charge in [0.1, 0.15) is 18.1 Å². The minimum atomic E-state index is -0.197. The van der Waals surface area contributed by atoms with Crippen molar-refractivity contribution in [3.8, 4) is 23.0 Å². The summed E-state index contributed by atoms with van der Waals surface area (Å²) in [5.41, 5.74) is 2.94. The molecule has 1 aliphatic heterocycles. The van der Waals surface area contributed by atoms with Gasteiger partial charge in [0.25, 0.3) is 5.91 Å². The van der Waals surface area contributed by atoms with Crippen molar-refractivity contribution >= 4 is 52.5 Å². The van der Waals surface area contributed by atoms with E-state index in [0.717, 1.165) is 16.7 Å². The van der Waals surface area contributed by atoms with Crippen molar-refractivity contribution < 1.29 is 23.7 Å². The van der Waals surface area contributed by atoms with E-state index in [9.17, 15) is 4.79 Å². The van der Waals surface area contributed by atoms with Gasteiger partial charge in [0, 0.05) is 12.1 Å². The summed E-state index contributed by atoms with van der Waals surface area (Å²) >= 11 is 18.0. The van der Waals surface area contributed by atoms with Crippen molar-refractivity contribution in [2.24, 2.45) is 0 Å². The fraction of sp³-hybridized carbons (Fsp3) is 0.267. The highest BCUT2D eigenvalue weighted by molar-refractivity contribution is 7.80. The quantitative estimate of drug-likeness (QED) is 0.184. The van der Waals surface area contributed by atoms with Gasteiger partial charge >= 0.3 is 0 Å². The first-order valence-electron chi connectivity index (χ1n) is 12.8. The third-order valence-corrected chi connectivity index (χ3v) is 7.02. The second-order valence-electron chi connectivity index (χ2n) is 8.75. The van der Waals surface area contributed by atoms with Crippen molar-refractivity contribution in [2.75, 3.05) is 26.9 Å². The van der Waals surface area contributed by atoms with Crippen molar-refractivity contribution in [2.45, 2.75) is 26.9 Å². The number of nitrogens with zero attached hydrogens (tertiary/aromatic N) is 1. The summed E-state index contributed by atoms with van der Waals surface area (Å²) in [7, 11) is 1.58. The third-order valence-electron chi connectivity index (χ3n) is 6.10. The lowest BCUT2D eigenvalue weighted by Crippen LogP contribution is -2.32. The van der Waals surface area contributed by atoms with Gasteiger partial charge in [0.2, 0.25) is 0 Å². The van der Waals surface area contributed by atoms with Crippen LogP contribution in [-0.4, -0.2) is 42.8 Å². The lowest BCUT2D eigenvalue weighted by atomic mass is 10.1. The van der Waals surface area contributed by atoms with Crippen molar-refractivity contribution in [1.82, 2.24) is 10.2 Å². The number of thiocarbonyl (C=S) groups is 1. The number of carbonyl (C=O) groups is 1. The van der Waals surface area contributed by atoms with E-state index in [4.69, 9.17) is 54.4 Å². The molecular formula is C30H30Cl2N2O5S. The largest absolute Gasteiger partial charge is 0.496 e. The average Bonchev–Trinajstić information content (AvgIpc) is 3.20. The van der Waals surface area contributed by atoms with E-state index in [1.54, 1.807) is 36.3 Å². The fourth-order valence-corrected chi connectivity index (χ4v) is 5.00. The van der Waals surface area contributed by atoms with Gasteiger partial charge in [-0.3, -0.25) is 9.69 Å². The third kappa shape index (κ3) is 6.99. The Kier molecular flexibility index (Phi) is 10.1. The first-order chi connectivity index (χ1) is 19.3. The normalized spacial score (nSPS) is 13.9. The molecule has 0 saturated carbocycles. The molecule has 1 aliphatic rings. The van der Waals surface area contributed by atoms with Gasteiger partial charge in [0.15, 0.2) is 22.4 Å². The summed E-state index contributed by atoms with van der Waals surface area (Å²) in [6.07, 6.45) is 2.35. The molecule has 40 heavy (non-hydrogen) atoms. The highest BCUT2D eigenvalue weighted by atomic mass is 35.5. The number of hydrogen-bond donors (Lipinski definition) is 1. The fourth-order valence-electron chi connectivity index (χ4n) is 4.20. The molecule has 1 fully saturated rings. The van der Waals surface area contributed by atoms with Crippen LogP contribution in [0.2, 0.25) is 10.0 Å². The Balaban J connectivity index is 1.47. The van der Waals surface area contributed by atoms with E-state index in [0.29, 0.717) is 70.0 Å². The molecule has 3 aromatic carbocycles. The van der Waals surface area contributed by atoms with Crippen LogP contribution in [0.4, 0.5) is 0 Å². The Morgan fingerprint density at radius 2 is 1.62 bits per heavy atom. The summed E-state index contributed by atoms with van der Waals surface area (Å²) in [4.78, 5) is 14.8. The summed E-state index contributed by atoms with van der Waals surface area (Å²) in [6, 6.07) is 16.5. The molecule has 0 unspecified atom stereocenters. The number of para-hydroxylation sites is 1. The van der Waals surface area contributed by atoms with Gasteiger partial charge in [-0.15, -0.1) is 0 Å². The van der Waals surface area contributed by atoms with Crippen LogP contribution in [0.25, 0.3) is 6.08 Å². The number of halogens is 2. The summed E-state index contributed by atoms with van der Waals surface area (Å²) in [5.74, 6) is 2.22. The monoisotopic (exact) mass is 600 g/mol. The molecule has 7 nitrogen and oxygen atoms in total. The Morgan fingerprint density at radius 1 is 0.925 bits per heavy atom. The molecule has 1 heterocycles. The zero-order chi connectivity index (χ0) is 28.6. The number of amides is 1. The number of nitrogens with one attached hydrogen (secondary N) is 1. The van der Waals surface area contributed by atoms with Crippen molar-refractivity contribution in [1.29, 1.82) is 0 Å². The number of ether oxygens (including phenoxy) is 4. The minimum Gasteiger partial charge on any atom is -0.496 e. The Labute approximate surface area is 249 Å². The van der Waals surface area contributed by atoms with Crippen LogP contribution in [0, 0.1) is 0 Å². The average molecular weight is 602 g/mol. The van der Waals surface area contributed by atoms with Crippen LogP contribution < -0.4 is 24.3 Å². The van der Waals surface area contributed by atoms with Gasteiger partial charge in [0.05, 0.1) is 30.4 Å². The van der Waals surface area contributed by atoms with E-state index in [2.05, 4.69) is 5.32 Å². The topological polar surface area (TPSA) is 69.3 Å². The molecule has 0 bridgehead atoms. The molecule has 1 N–H and O–H groups in total. The first kappa shape index (κ1) is 29.5. The SMILES string of the molecule is CCOc1ccc(CCN2C(=O)/C(=C\c3ccc(OC)c(COc4c(Cl)cccc4Cl)c3)NC2=S)cc1OCC. The van der Waals surface area contributed by atoms with E-state index >= 15 is 0 Å². The number of methoxy groups -OCH3 is 1. The standard InChI is InChI=1S/C30H30Cl2N2O5S/c1-4-37-26-12-9-19(17-27(26)38-5-2)13-14-34-29(35)24(33-30(34)40)16-20-10-11-25(36-3)21(15-20)18-39-28-22(31)7-6-8-23(28)32/h6-12,15-17H,4-5,13-14,18H2,1-3H3,(H,33,40)/b24-16+. The maximum atomic E-state index is 13.2. The van der Waals surface area contributed by atoms with E-state index < -0.39 is 0 Å². The predicted octanol–water partition coefficient (Wildman–Crippen LogP) is 6.68. The molecule has 3 aromatic rings. The number of carbonyl (C=O) groups excluding carboxylic acids is 1. The van der Waals surface area contributed by atoms with Crippen LogP contribution >= 0.6 is 35.4 Å². The van der Waals surface area contributed by atoms with Crippen LogP contribution in [0.1, 0.15) is 30.5 Å². The predicted molar refractivity (Wildman–Crippen MR) is 162 cm³/mol. The van der Waals surface area contributed by atoms with E-state index in [-0.39, 0.29) is 12.5 Å². The van der Waals surface area contributed by atoms with Gasteiger partial charge in [-0.1, -0.05) is 41.4 Å². The molecule has 210 valence electrons. The Morgan fingerprint density at radius 3 is 2.33 bits per heavy atom. The molecule has 0 aromatic heterocycles. The molecule has 1 amide bonds. The maximum absolute atomic E-state index is 13.2. The Bertz CT molecular complexity index is 1410. The van der Waals surface area contributed by atoms with Gasteiger partial charge < -0.3 is 24.3 Å². The second kappa shape index (κ2) is 13.7. The zero-order valence-corrected chi connectivity index (χ0v) is 24.8. The van der Waals surface area contributed by atoms with E-state index in [1.165, 1.54) is 0 Å². The van der Waals surface area contributed by atoms with Gasteiger partial charge in [-0.05, 0) is 86.1 Å². The summed E-state index contributed by atoms with van der Waals surface area (Å²) in [5, 5.41) is 4.23. The summed E-state index contributed by atoms with van der Waals surface area (Å²) < 4.78 is 22.8. The van der Waals surface area contributed by atoms with Crippen LogP contribution in [0.3, 0.4) is 0 Å². The van der Waals surface area contributed by atoms with E-state index in [1.807, 2.05) is 50.2 Å². The molecule has 0 radical (unpaired) electrons. The van der Waals surface area contributed by atoms with Crippen molar-refractivity contribution in [3.05, 3.63) is 87.0 Å². The van der Waals surface area contributed by atoms with Crippen LogP contribution in [0.15, 0.2) is 60.3 Å². The molecule has 0 aliphatic carbocycles. The highest BCUT2D eigenvalue weighted by Crippen LogP contribution is 2.34. The number of hydrogen-bond acceptors (Lipinski definition) is 6. The molecule has 0 atom stereocenters. The van der Waals surface area contributed by atoms with Crippen LogP contribution in [0.5, 0.6) is 23.0 Å².